The molecule has 4 heteroatoms. The molecule has 0 radical (unpaired) electrons. The predicted octanol–water partition coefficient (Wildman–Crippen LogP) is 1.51. The lowest BCUT2D eigenvalue weighted by Crippen LogP contribution is -2.28. The molecule has 0 aliphatic heterocycles. The summed E-state index contributed by atoms with van der Waals surface area (Å²) in [5.74, 6) is -1.93. The molecule has 0 amide bonds. The number of hydrogen-bond donors (Lipinski definition) is 0. The van der Waals surface area contributed by atoms with Gasteiger partial charge in [-0.25, -0.2) is 0 Å². The highest BCUT2D eigenvalue weighted by molar-refractivity contribution is 6.07. The maximum Gasteiger partial charge on any atom is 0.313 e. The predicted molar refractivity (Wildman–Crippen MR) is 55.3 cm³/mol. The number of ether oxygens (including phenoxy) is 1. The van der Waals surface area contributed by atoms with Gasteiger partial charge in [0, 0.05) is 0 Å². The number of esters is 1. The van der Waals surface area contributed by atoms with E-state index < -0.39 is 23.3 Å². The van der Waals surface area contributed by atoms with Gasteiger partial charge in [0.2, 0.25) is 0 Å². The van der Waals surface area contributed by atoms with Gasteiger partial charge in [-0.2, -0.15) is 0 Å². The van der Waals surface area contributed by atoms with Crippen LogP contribution in [0.1, 0.15) is 41.0 Å². The fourth-order valence-electron chi connectivity index (χ4n) is 0.900. The van der Waals surface area contributed by atoms with Crippen LogP contribution in [0.5, 0.6) is 0 Å². The minimum absolute atomic E-state index is 0.233. The van der Waals surface area contributed by atoms with Crippen LogP contribution in [0, 0.1) is 5.92 Å². The molecule has 86 valence electrons. The fraction of sp³-hybridized carbons (Fsp3) is 0.727. The van der Waals surface area contributed by atoms with Gasteiger partial charge in [0.15, 0.2) is 5.78 Å². The summed E-state index contributed by atoms with van der Waals surface area (Å²) in [6.45, 7) is 8.00. The molecule has 15 heavy (non-hydrogen) atoms. The zero-order valence-corrected chi connectivity index (χ0v) is 9.92. The van der Waals surface area contributed by atoms with E-state index in [1.165, 1.54) is 13.8 Å². The number of Topliss-reactive ketones (excluding diaryl/α,β-unsaturated/α-hetero) is 2. The molecular weight excluding hydrogens is 196 g/mol. The average molecular weight is 214 g/mol. The smallest absolute Gasteiger partial charge is 0.313 e. The summed E-state index contributed by atoms with van der Waals surface area (Å²) in [5, 5.41) is 0. The van der Waals surface area contributed by atoms with Gasteiger partial charge in [-0.15, -0.1) is 0 Å². The van der Waals surface area contributed by atoms with E-state index in [0.717, 1.165) is 0 Å². The summed E-state index contributed by atoms with van der Waals surface area (Å²) < 4.78 is 4.97. The normalized spacial score (nSPS) is 13.1. The second-order valence-corrected chi connectivity index (χ2v) is 4.56. The Balaban J connectivity index is 4.20. The Morgan fingerprint density at radius 2 is 1.67 bits per heavy atom. The third-order valence-electron chi connectivity index (χ3n) is 1.83. The SMILES string of the molecule is CC(=O)[C@H](C)C(=O)CC(=O)OC(C)(C)C. The maximum absolute atomic E-state index is 11.4. The Morgan fingerprint density at radius 1 is 1.20 bits per heavy atom. The van der Waals surface area contributed by atoms with Crippen molar-refractivity contribution in [3.05, 3.63) is 0 Å². The van der Waals surface area contributed by atoms with Crippen LogP contribution in [0.2, 0.25) is 0 Å². The lowest BCUT2D eigenvalue weighted by Gasteiger charge is -2.19. The summed E-state index contributed by atoms with van der Waals surface area (Å²) in [6, 6.07) is 0. The molecule has 0 aliphatic carbocycles. The number of carbonyl (C=O) groups is 3. The van der Waals surface area contributed by atoms with Crippen molar-refractivity contribution in [3.8, 4) is 0 Å². The zero-order chi connectivity index (χ0) is 12.2. The van der Waals surface area contributed by atoms with Crippen molar-refractivity contribution in [2.24, 2.45) is 5.92 Å². The van der Waals surface area contributed by atoms with Gasteiger partial charge in [-0.3, -0.25) is 14.4 Å². The Hall–Kier alpha value is -1.19. The number of carbonyl (C=O) groups excluding carboxylic acids is 3. The third kappa shape index (κ3) is 5.99. The molecular formula is C11H18O4. The first kappa shape index (κ1) is 13.8. The maximum atomic E-state index is 11.4. The molecule has 0 saturated carbocycles. The molecule has 0 unspecified atom stereocenters. The Morgan fingerprint density at radius 3 is 2.00 bits per heavy atom. The van der Waals surface area contributed by atoms with Gasteiger partial charge >= 0.3 is 5.97 Å². The van der Waals surface area contributed by atoms with Gasteiger partial charge in [0.25, 0.3) is 0 Å². The number of hydrogen-bond acceptors (Lipinski definition) is 4. The number of ketones is 2. The van der Waals surface area contributed by atoms with E-state index in [9.17, 15) is 14.4 Å². The van der Waals surface area contributed by atoms with Crippen molar-refractivity contribution in [2.45, 2.75) is 46.6 Å². The second-order valence-electron chi connectivity index (χ2n) is 4.56. The van der Waals surface area contributed by atoms with Crippen molar-refractivity contribution in [3.63, 3.8) is 0 Å². The second kappa shape index (κ2) is 5.05. The molecule has 0 aromatic rings. The Bertz CT molecular complexity index is 273. The standard InChI is InChI=1S/C11H18O4/c1-7(8(2)12)9(13)6-10(14)15-11(3,4)5/h7H,6H2,1-5H3/t7-/m0/s1. The number of rotatable bonds is 4. The molecule has 1 atom stereocenters. The van der Waals surface area contributed by atoms with E-state index >= 15 is 0 Å². The topological polar surface area (TPSA) is 60.4 Å². The molecule has 0 saturated heterocycles. The summed E-state index contributed by atoms with van der Waals surface area (Å²) in [4.78, 5) is 33.5. The largest absolute Gasteiger partial charge is 0.460 e. The van der Waals surface area contributed by atoms with E-state index in [2.05, 4.69) is 0 Å². The minimum atomic E-state index is -0.725. The minimum Gasteiger partial charge on any atom is -0.460 e. The quantitative estimate of drug-likeness (QED) is 0.525. The van der Waals surface area contributed by atoms with Gasteiger partial charge in [0.05, 0.1) is 5.92 Å². The van der Waals surface area contributed by atoms with E-state index in [0.29, 0.717) is 0 Å². The summed E-state index contributed by atoms with van der Waals surface area (Å²) >= 11 is 0. The molecule has 0 heterocycles. The molecule has 0 rings (SSSR count). The highest BCUT2D eigenvalue weighted by Crippen LogP contribution is 2.10. The molecule has 0 aliphatic rings. The molecule has 0 N–H and O–H groups in total. The van der Waals surface area contributed by atoms with Crippen LogP contribution in [0.25, 0.3) is 0 Å². The van der Waals surface area contributed by atoms with Gasteiger partial charge in [-0.05, 0) is 34.6 Å². The first-order chi connectivity index (χ1) is 6.63. The summed E-state index contributed by atoms with van der Waals surface area (Å²) in [6.07, 6.45) is -0.335. The molecule has 0 fully saturated rings. The highest BCUT2D eigenvalue weighted by Gasteiger charge is 2.23. The molecule has 0 aromatic heterocycles. The molecule has 0 bridgehead atoms. The van der Waals surface area contributed by atoms with E-state index in [4.69, 9.17) is 4.74 Å². The van der Waals surface area contributed by atoms with E-state index in [1.54, 1.807) is 20.8 Å². The van der Waals surface area contributed by atoms with Crippen LogP contribution in [0.15, 0.2) is 0 Å². The van der Waals surface area contributed by atoms with Gasteiger partial charge < -0.3 is 4.74 Å². The van der Waals surface area contributed by atoms with Gasteiger partial charge in [-0.1, -0.05) is 0 Å². The first-order valence-corrected chi connectivity index (χ1v) is 4.88. The molecule has 4 nitrogen and oxygen atoms in total. The van der Waals surface area contributed by atoms with Crippen molar-refractivity contribution in [1.29, 1.82) is 0 Å². The summed E-state index contributed by atoms with van der Waals surface area (Å²) in [5.41, 5.74) is -0.600. The lowest BCUT2D eigenvalue weighted by molar-refractivity contribution is -0.156. The van der Waals surface area contributed by atoms with Crippen LogP contribution in [-0.2, 0) is 19.1 Å². The lowest BCUT2D eigenvalue weighted by atomic mass is 10.00. The monoisotopic (exact) mass is 214 g/mol. The Labute approximate surface area is 90.0 Å². The van der Waals surface area contributed by atoms with Crippen LogP contribution in [0.3, 0.4) is 0 Å². The average Bonchev–Trinajstić information content (AvgIpc) is 1.98. The van der Waals surface area contributed by atoms with Crippen molar-refractivity contribution < 1.29 is 19.1 Å². The zero-order valence-electron chi connectivity index (χ0n) is 9.92. The van der Waals surface area contributed by atoms with Crippen LogP contribution < -0.4 is 0 Å². The molecule has 0 spiro atoms. The van der Waals surface area contributed by atoms with Crippen LogP contribution in [-0.4, -0.2) is 23.1 Å². The van der Waals surface area contributed by atoms with E-state index in [1.807, 2.05) is 0 Å². The van der Waals surface area contributed by atoms with Gasteiger partial charge in [0.1, 0.15) is 17.8 Å². The first-order valence-electron chi connectivity index (χ1n) is 4.88. The van der Waals surface area contributed by atoms with E-state index in [-0.39, 0.29) is 12.2 Å². The Kier molecular flexibility index (Phi) is 4.65. The van der Waals surface area contributed by atoms with Crippen LogP contribution >= 0.6 is 0 Å². The third-order valence-corrected chi connectivity index (χ3v) is 1.83. The van der Waals surface area contributed by atoms with Crippen LogP contribution in [0.4, 0.5) is 0 Å². The van der Waals surface area contributed by atoms with Crippen molar-refractivity contribution in [1.82, 2.24) is 0 Å². The van der Waals surface area contributed by atoms with Crippen molar-refractivity contribution >= 4 is 17.5 Å². The summed E-state index contributed by atoms with van der Waals surface area (Å²) in [7, 11) is 0. The highest BCUT2D eigenvalue weighted by atomic mass is 16.6. The van der Waals surface area contributed by atoms with Crippen molar-refractivity contribution in [2.75, 3.05) is 0 Å². The molecule has 0 aromatic carbocycles. The fourth-order valence-corrected chi connectivity index (χ4v) is 0.900.